The highest BCUT2D eigenvalue weighted by Gasteiger charge is 2.37. The molecule has 11 rings (SSSR count). The van der Waals surface area contributed by atoms with E-state index in [1.165, 1.54) is 22.3 Å². The summed E-state index contributed by atoms with van der Waals surface area (Å²) in [6.07, 6.45) is 0. The summed E-state index contributed by atoms with van der Waals surface area (Å²) < 4.78 is 13.5. The molecule has 8 aromatic carbocycles. The Morgan fingerprint density at radius 2 is 0.912 bits per heavy atom. The Hall–Kier alpha value is -7.37. The van der Waals surface area contributed by atoms with Gasteiger partial charge in [0.2, 0.25) is 0 Å². The van der Waals surface area contributed by atoms with Crippen molar-refractivity contribution in [3.05, 3.63) is 187 Å². The molecule has 5 nitrogen and oxygen atoms in total. The maximum absolute atomic E-state index is 6.87. The van der Waals surface area contributed by atoms with Crippen LogP contribution < -0.4 is 9.47 Å². The second-order valence-corrected chi connectivity index (χ2v) is 15.1. The number of fused-ring (bicyclic) bond motifs is 6. The molecule has 0 N–H and O–H groups in total. The zero-order valence-corrected chi connectivity index (χ0v) is 31.4. The van der Waals surface area contributed by atoms with Crippen LogP contribution in [-0.4, -0.2) is 15.0 Å². The summed E-state index contributed by atoms with van der Waals surface area (Å²) >= 11 is 0. The van der Waals surface area contributed by atoms with Gasteiger partial charge < -0.3 is 9.47 Å². The van der Waals surface area contributed by atoms with Gasteiger partial charge in [-0.2, -0.15) is 0 Å². The number of hydrogen-bond acceptors (Lipinski definition) is 5. The third-order valence-electron chi connectivity index (χ3n) is 11.4. The fourth-order valence-electron chi connectivity index (χ4n) is 8.62. The molecule has 5 heteroatoms. The van der Waals surface area contributed by atoms with Crippen LogP contribution in [0.3, 0.4) is 0 Å². The van der Waals surface area contributed by atoms with Crippen molar-refractivity contribution in [3.63, 3.8) is 0 Å². The Bertz CT molecular complexity index is 3050. The highest BCUT2D eigenvalue weighted by molar-refractivity contribution is 6.04. The number of ether oxygens (including phenoxy) is 2. The predicted molar refractivity (Wildman–Crippen MR) is 229 cm³/mol. The Kier molecular flexibility index (Phi) is 7.45. The van der Waals surface area contributed by atoms with Crippen LogP contribution in [0.4, 0.5) is 0 Å². The second kappa shape index (κ2) is 12.9. The molecule has 0 saturated heterocycles. The summed E-state index contributed by atoms with van der Waals surface area (Å²) in [7, 11) is 0. The number of hydrogen-bond donors (Lipinski definition) is 0. The Morgan fingerprint density at radius 1 is 0.351 bits per heavy atom. The van der Waals surface area contributed by atoms with Gasteiger partial charge in [-0.25, -0.2) is 15.0 Å². The van der Waals surface area contributed by atoms with Crippen LogP contribution in [-0.2, 0) is 5.41 Å². The first-order valence-corrected chi connectivity index (χ1v) is 19.3. The lowest BCUT2D eigenvalue weighted by atomic mass is 9.82. The van der Waals surface area contributed by atoms with E-state index in [4.69, 9.17) is 24.4 Å². The van der Waals surface area contributed by atoms with Crippen molar-refractivity contribution in [1.82, 2.24) is 15.0 Å². The molecular weight excluding hydrogens is 699 g/mol. The van der Waals surface area contributed by atoms with Crippen LogP contribution in [0, 0.1) is 0 Å². The second-order valence-electron chi connectivity index (χ2n) is 15.1. The van der Waals surface area contributed by atoms with Gasteiger partial charge in [0.1, 0.15) is 0 Å². The molecule has 1 aliphatic heterocycles. The molecule has 0 amide bonds. The number of nitrogens with zero attached hydrogens (tertiary/aromatic N) is 3. The van der Waals surface area contributed by atoms with E-state index >= 15 is 0 Å². The smallest absolute Gasteiger partial charge is 0.177 e. The molecule has 57 heavy (non-hydrogen) atoms. The number of rotatable bonds is 5. The molecule has 0 unspecified atom stereocenters. The van der Waals surface area contributed by atoms with Gasteiger partial charge in [0.25, 0.3) is 0 Å². The van der Waals surface area contributed by atoms with Crippen LogP contribution in [0.1, 0.15) is 25.0 Å². The number of para-hydroxylation sites is 1. The molecule has 2 aliphatic rings. The third-order valence-corrected chi connectivity index (χ3v) is 11.4. The maximum Gasteiger partial charge on any atom is 0.177 e. The maximum atomic E-state index is 6.87. The van der Waals surface area contributed by atoms with E-state index in [0.29, 0.717) is 40.5 Å². The molecule has 0 atom stereocenters. The quantitative estimate of drug-likeness (QED) is 0.176. The van der Waals surface area contributed by atoms with Crippen molar-refractivity contribution >= 4 is 10.8 Å². The van der Waals surface area contributed by atoms with Crippen molar-refractivity contribution in [2.45, 2.75) is 19.3 Å². The molecule has 0 saturated carbocycles. The molecule has 2 heterocycles. The average molecular weight is 734 g/mol. The molecule has 0 bridgehead atoms. The van der Waals surface area contributed by atoms with Crippen molar-refractivity contribution in [3.8, 4) is 90.5 Å². The van der Waals surface area contributed by atoms with Crippen LogP contribution in [0.2, 0.25) is 0 Å². The summed E-state index contributed by atoms with van der Waals surface area (Å²) in [5.41, 5.74) is 11.6. The highest BCUT2D eigenvalue weighted by atomic mass is 16.6. The standard InChI is InChI=1S/C52H35N3O2/c1-52(2)43-26-14-13-23-38(43)42-30-46-47(31-44(42)52)56-45-27-15-25-39(48(45)57-46)37-22-11-12-24-40(37)50-53-49(33-18-7-4-8-19-33)54-51(55-50)41-29-28-34(32-16-5-3-6-17-32)35-20-9-10-21-36(35)41/h3-31H,1-2H3. The minimum absolute atomic E-state index is 0.149. The van der Waals surface area contributed by atoms with Crippen LogP contribution in [0.15, 0.2) is 176 Å². The van der Waals surface area contributed by atoms with E-state index < -0.39 is 0 Å². The highest BCUT2D eigenvalue weighted by Crippen LogP contribution is 2.56. The SMILES string of the molecule is CC1(C)c2ccccc2-c2cc3c(cc21)Oc1cccc(-c2ccccc2-c2nc(-c4ccccc4)nc(-c4ccc(-c5ccccc5)c5ccccc45)n2)c1O3. The van der Waals surface area contributed by atoms with Crippen molar-refractivity contribution in [2.24, 2.45) is 0 Å². The van der Waals surface area contributed by atoms with Gasteiger partial charge in [-0.15, -0.1) is 0 Å². The summed E-state index contributed by atoms with van der Waals surface area (Å²) in [6, 6.07) is 60.6. The molecular formula is C52H35N3O2. The van der Waals surface area contributed by atoms with Gasteiger partial charge in [-0.1, -0.05) is 166 Å². The molecule has 1 aliphatic carbocycles. The average Bonchev–Trinajstić information content (AvgIpc) is 3.49. The summed E-state index contributed by atoms with van der Waals surface area (Å²) in [5, 5.41) is 2.21. The van der Waals surface area contributed by atoms with E-state index in [-0.39, 0.29) is 5.41 Å². The largest absolute Gasteiger partial charge is 0.449 e. The predicted octanol–water partition coefficient (Wildman–Crippen LogP) is 13.6. The van der Waals surface area contributed by atoms with Crippen molar-refractivity contribution in [2.75, 3.05) is 0 Å². The molecule has 0 radical (unpaired) electrons. The van der Waals surface area contributed by atoms with Gasteiger partial charge in [-0.3, -0.25) is 0 Å². The van der Waals surface area contributed by atoms with E-state index in [9.17, 15) is 0 Å². The fourth-order valence-corrected chi connectivity index (χ4v) is 8.62. The van der Waals surface area contributed by atoms with E-state index in [1.807, 2.05) is 60.7 Å². The first-order valence-electron chi connectivity index (χ1n) is 19.3. The van der Waals surface area contributed by atoms with Crippen molar-refractivity contribution in [1.29, 1.82) is 0 Å². The normalized spacial score (nSPS) is 13.2. The van der Waals surface area contributed by atoms with Crippen molar-refractivity contribution < 1.29 is 9.47 Å². The zero-order valence-electron chi connectivity index (χ0n) is 31.4. The van der Waals surface area contributed by atoms with Gasteiger partial charge in [0, 0.05) is 27.7 Å². The van der Waals surface area contributed by atoms with E-state index in [1.54, 1.807) is 0 Å². The first-order chi connectivity index (χ1) is 28.0. The number of aromatic nitrogens is 3. The van der Waals surface area contributed by atoms with Gasteiger partial charge >= 0.3 is 0 Å². The Morgan fingerprint density at radius 3 is 1.68 bits per heavy atom. The fraction of sp³-hybridized carbons (Fsp3) is 0.0577. The summed E-state index contributed by atoms with van der Waals surface area (Å²) in [5.74, 6) is 4.49. The zero-order chi connectivity index (χ0) is 38.1. The van der Waals surface area contributed by atoms with Gasteiger partial charge in [0.05, 0.1) is 0 Å². The van der Waals surface area contributed by atoms with E-state index in [0.717, 1.165) is 49.7 Å². The lowest BCUT2D eigenvalue weighted by Gasteiger charge is -2.26. The van der Waals surface area contributed by atoms with Gasteiger partial charge in [-0.05, 0) is 74.0 Å². The summed E-state index contributed by atoms with van der Waals surface area (Å²) in [6.45, 7) is 4.55. The van der Waals surface area contributed by atoms with Gasteiger partial charge in [0.15, 0.2) is 40.5 Å². The topological polar surface area (TPSA) is 57.1 Å². The van der Waals surface area contributed by atoms with Crippen LogP contribution in [0.5, 0.6) is 23.0 Å². The number of benzene rings is 8. The molecule has 9 aromatic rings. The van der Waals surface area contributed by atoms with Crippen LogP contribution >= 0.6 is 0 Å². The first kappa shape index (κ1) is 33.0. The minimum atomic E-state index is -0.149. The van der Waals surface area contributed by atoms with Crippen LogP contribution in [0.25, 0.3) is 78.3 Å². The lowest BCUT2D eigenvalue weighted by Crippen LogP contribution is -2.15. The monoisotopic (exact) mass is 733 g/mol. The molecule has 0 spiro atoms. The molecule has 1 aromatic heterocycles. The third kappa shape index (κ3) is 5.35. The Balaban J connectivity index is 1.06. The molecule has 0 fully saturated rings. The summed E-state index contributed by atoms with van der Waals surface area (Å²) in [4.78, 5) is 15.6. The van der Waals surface area contributed by atoms with E-state index in [2.05, 4.69) is 129 Å². The molecule has 270 valence electrons. The minimum Gasteiger partial charge on any atom is -0.449 e. The Labute approximate surface area is 330 Å². The lowest BCUT2D eigenvalue weighted by molar-refractivity contribution is 0.360.